The van der Waals surface area contributed by atoms with Crippen molar-refractivity contribution in [3.63, 3.8) is 0 Å². The van der Waals surface area contributed by atoms with E-state index in [1.807, 2.05) is 5.09 Å². The SMILES string of the molecule is C#CCCCCNP(=O)(O)OP(=O)(O)OP(=O)(O)OC[C@H]1O[C@@H](n2cnc3c(=O)[nH]c(N)nc32)C(O)[C@H]1O. The highest BCUT2D eigenvalue weighted by Gasteiger charge is 2.47. The summed E-state index contributed by atoms with van der Waals surface area (Å²) in [6.45, 7) is -1.11. The molecule has 0 aromatic carbocycles. The molecule has 9 N–H and O–H groups in total. The predicted octanol–water partition coefficient (Wildman–Crippen LogP) is -0.935. The van der Waals surface area contributed by atoms with Gasteiger partial charge in [0, 0.05) is 13.0 Å². The summed E-state index contributed by atoms with van der Waals surface area (Å²) in [5.41, 5.74) is 4.58. The lowest BCUT2D eigenvalue weighted by Crippen LogP contribution is -2.33. The number of H-pyrrole nitrogens is 1. The number of terminal acetylenes is 1. The molecule has 0 saturated carbocycles. The van der Waals surface area contributed by atoms with Crippen LogP contribution in [0.1, 0.15) is 25.5 Å². The van der Waals surface area contributed by atoms with E-state index in [-0.39, 0.29) is 23.7 Å². The molecule has 0 aliphatic carbocycles. The predicted molar refractivity (Wildman–Crippen MR) is 127 cm³/mol. The van der Waals surface area contributed by atoms with Crippen molar-refractivity contribution in [2.24, 2.45) is 0 Å². The van der Waals surface area contributed by atoms with Crippen LogP contribution in [0, 0.1) is 12.3 Å². The van der Waals surface area contributed by atoms with Crippen molar-refractivity contribution >= 4 is 40.5 Å². The van der Waals surface area contributed by atoms with Crippen molar-refractivity contribution in [3.8, 4) is 12.3 Å². The maximum absolute atomic E-state index is 12.2. The molecule has 19 nitrogen and oxygen atoms in total. The topological polar surface area (TPSA) is 291 Å². The van der Waals surface area contributed by atoms with Crippen molar-refractivity contribution in [1.82, 2.24) is 24.6 Å². The monoisotopic (exact) mass is 602 g/mol. The first-order valence-electron chi connectivity index (χ1n) is 10.6. The Labute approximate surface area is 213 Å². The van der Waals surface area contributed by atoms with Gasteiger partial charge < -0.3 is 35.4 Å². The number of nitrogens with zero attached hydrogens (tertiary/aromatic N) is 3. The molecule has 0 amide bonds. The van der Waals surface area contributed by atoms with Gasteiger partial charge in [0.2, 0.25) is 5.95 Å². The Hall–Kier alpha value is -2.00. The third-order valence-electron chi connectivity index (χ3n) is 4.94. The van der Waals surface area contributed by atoms with Gasteiger partial charge in [-0.15, -0.1) is 12.3 Å². The first kappa shape index (κ1) is 30.5. The van der Waals surface area contributed by atoms with Gasteiger partial charge in [-0.3, -0.25) is 18.9 Å². The Balaban J connectivity index is 1.60. The van der Waals surface area contributed by atoms with Crippen LogP contribution < -0.4 is 16.4 Å². The minimum Gasteiger partial charge on any atom is -0.387 e. The minimum absolute atomic E-state index is 0.100. The summed E-state index contributed by atoms with van der Waals surface area (Å²) in [6, 6.07) is 0. The normalized spacial score (nSPS) is 26.4. The number of unbranched alkanes of at least 4 members (excludes halogenated alkanes) is 2. The van der Waals surface area contributed by atoms with Crippen LogP contribution in [0.4, 0.5) is 5.95 Å². The van der Waals surface area contributed by atoms with Crippen LogP contribution in [0.3, 0.4) is 0 Å². The fourth-order valence-corrected chi connectivity index (χ4v) is 7.05. The molecule has 7 atom stereocenters. The summed E-state index contributed by atoms with van der Waals surface area (Å²) in [7, 11) is -16.0. The molecule has 0 radical (unpaired) electrons. The van der Waals surface area contributed by atoms with Crippen molar-refractivity contribution in [3.05, 3.63) is 16.7 Å². The molecular formula is C16H25N6O13P3. The van der Waals surface area contributed by atoms with Gasteiger partial charge in [0.15, 0.2) is 17.4 Å². The number of nitrogen functional groups attached to an aromatic ring is 1. The number of fused-ring (bicyclic) bond motifs is 1. The Morgan fingerprint density at radius 3 is 2.58 bits per heavy atom. The number of phosphoric ester groups is 1. The van der Waals surface area contributed by atoms with Crippen LogP contribution >= 0.6 is 23.4 Å². The highest BCUT2D eigenvalue weighted by molar-refractivity contribution is 7.67. The Bertz CT molecular complexity index is 1390. The Kier molecular flexibility index (Phi) is 9.67. The van der Waals surface area contributed by atoms with E-state index in [4.69, 9.17) is 16.9 Å². The van der Waals surface area contributed by atoms with Crippen molar-refractivity contribution in [2.75, 3.05) is 18.9 Å². The Morgan fingerprint density at radius 2 is 1.89 bits per heavy atom. The summed E-state index contributed by atoms with van der Waals surface area (Å²) in [4.78, 5) is 51.0. The number of hydrogen-bond donors (Lipinski definition) is 8. The molecule has 4 unspecified atom stereocenters. The van der Waals surface area contributed by atoms with E-state index in [9.17, 15) is 43.4 Å². The van der Waals surface area contributed by atoms with Crippen LogP contribution in [-0.4, -0.2) is 75.9 Å². The van der Waals surface area contributed by atoms with E-state index in [0.29, 0.717) is 19.3 Å². The maximum Gasteiger partial charge on any atom is 0.489 e. The van der Waals surface area contributed by atoms with Gasteiger partial charge in [0.05, 0.1) is 12.9 Å². The summed E-state index contributed by atoms with van der Waals surface area (Å²) in [5, 5.41) is 22.6. The average Bonchev–Trinajstić information content (AvgIpc) is 3.32. The number of aliphatic hydroxyl groups is 2. The molecule has 0 spiro atoms. The lowest BCUT2D eigenvalue weighted by atomic mass is 10.1. The maximum atomic E-state index is 12.2. The molecule has 3 heterocycles. The van der Waals surface area contributed by atoms with Gasteiger partial charge >= 0.3 is 23.4 Å². The number of aliphatic hydroxyl groups excluding tert-OH is 2. The van der Waals surface area contributed by atoms with E-state index in [1.54, 1.807) is 0 Å². The molecule has 1 saturated heterocycles. The number of anilines is 1. The number of nitrogens with one attached hydrogen (secondary N) is 2. The van der Waals surface area contributed by atoms with E-state index in [1.165, 1.54) is 0 Å². The van der Waals surface area contributed by atoms with Crippen molar-refractivity contribution in [2.45, 2.75) is 43.8 Å². The minimum atomic E-state index is -5.64. The van der Waals surface area contributed by atoms with Crippen LogP contribution in [0.15, 0.2) is 11.1 Å². The lowest BCUT2D eigenvalue weighted by molar-refractivity contribution is -0.0503. The number of nitrogens with two attached hydrogens (primary N) is 1. The molecule has 38 heavy (non-hydrogen) atoms. The number of hydrogen-bond acceptors (Lipinski definition) is 13. The number of phosphoric acid groups is 2. The first-order chi connectivity index (χ1) is 17.6. The highest BCUT2D eigenvalue weighted by atomic mass is 31.3. The van der Waals surface area contributed by atoms with Crippen molar-refractivity contribution < 1.29 is 56.5 Å². The lowest BCUT2D eigenvalue weighted by Gasteiger charge is -2.20. The Morgan fingerprint density at radius 1 is 1.18 bits per heavy atom. The zero-order valence-electron chi connectivity index (χ0n) is 19.3. The second-order valence-electron chi connectivity index (χ2n) is 7.81. The standard InChI is InChI=1S/C16H25N6O13P3/c1-2-3-4-5-6-19-36(26,27)34-38(30,31)35-37(28,29)32-7-9-11(23)12(24)15(33-9)22-8-18-10-13(22)20-16(17)21-14(10)25/h1,8-9,11-12,15,23-24H,3-7H2,(H,28,29)(H,30,31)(H2,19,26,27)(H3,17,20,21,25)/t9-,11+,12?,15-/m1/s1. The molecule has 22 heteroatoms. The fourth-order valence-electron chi connectivity index (χ4n) is 3.30. The second kappa shape index (κ2) is 12.0. The van der Waals surface area contributed by atoms with Gasteiger partial charge in [-0.25, -0.2) is 23.8 Å². The van der Waals surface area contributed by atoms with Crippen LogP contribution in [0.25, 0.3) is 11.2 Å². The van der Waals surface area contributed by atoms with Crippen LogP contribution in [-0.2, 0) is 31.6 Å². The molecule has 3 rings (SSSR count). The molecule has 0 bridgehead atoms. The smallest absolute Gasteiger partial charge is 0.387 e. The van der Waals surface area contributed by atoms with Gasteiger partial charge in [0.1, 0.15) is 18.3 Å². The quantitative estimate of drug-likeness (QED) is 0.0780. The van der Waals surface area contributed by atoms with Crippen LogP contribution in [0.2, 0.25) is 0 Å². The van der Waals surface area contributed by atoms with Crippen LogP contribution in [0.5, 0.6) is 0 Å². The van der Waals surface area contributed by atoms with Gasteiger partial charge in [0.25, 0.3) is 5.56 Å². The number of aromatic nitrogens is 4. The van der Waals surface area contributed by atoms with E-state index < -0.39 is 60.1 Å². The summed E-state index contributed by atoms with van der Waals surface area (Å²) in [6.07, 6.45) is 1.02. The zero-order valence-corrected chi connectivity index (χ0v) is 21.9. The molecular weight excluding hydrogens is 577 g/mol. The van der Waals surface area contributed by atoms with E-state index in [2.05, 4.69) is 34.0 Å². The van der Waals surface area contributed by atoms with E-state index >= 15 is 0 Å². The van der Waals surface area contributed by atoms with Gasteiger partial charge in [-0.2, -0.15) is 13.6 Å². The molecule has 1 aliphatic heterocycles. The molecule has 2 aromatic rings. The van der Waals surface area contributed by atoms with Gasteiger partial charge in [-0.05, 0) is 12.8 Å². The average molecular weight is 602 g/mol. The number of aromatic amines is 1. The number of ether oxygens (including phenoxy) is 1. The highest BCUT2D eigenvalue weighted by Crippen LogP contribution is 2.66. The number of imidazole rings is 1. The molecule has 1 aliphatic rings. The largest absolute Gasteiger partial charge is 0.489 e. The zero-order chi connectivity index (χ0) is 28.3. The summed E-state index contributed by atoms with van der Waals surface area (Å²) in [5.74, 6) is 2.09. The molecule has 212 valence electrons. The molecule has 2 aromatic heterocycles. The third kappa shape index (κ3) is 7.78. The first-order valence-corrected chi connectivity index (χ1v) is 15.2. The summed E-state index contributed by atoms with van der Waals surface area (Å²) < 4.78 is 55.2. The van der Waals surface area contributed by atoms with Gasteiger partial charge in [-0.1, -0.05) is 0 Å². The van der Waals surface area contributed by atoms with Crippen molar-refractivity contribution in [1.29, 1.82) is 0 Å². The van der Waals surface area contributed by atoms with E-state index in [0.717, 1.165) is 10.9 Å². The third-order valence-corrected chi connectivity index (χ3v) is 9.40. The molecule has 1 fully saturated rings. The summed E-state index contributed by atoms with van der Waals surface area (Å²) >= 11 is 0. The number of rotatable bonds is 13. The fraction of sp³-hybridized carbons (Fsp3) is 0.562. The second-order valence-corrected chi connectivity index (χ2v) is 12.6.